The van der Waals surface area contributed by atoms with E-state index in [4.69, 9.17) is 15.3 Å². The Bertz CT molecular complexity index is 1800. The third kappa shape index (κ3) is 21.1. The lowest BCUT2D eigenvalue weighted by Crippen LogP contribution is -2.25. The molecule has 0 spiro atoms. The van der Waals surface area contributed by atoms with Crippen molar-refractivity contribution in [3.05, 3.63) is 131 Å². The smallest absolute Gasteiger partial charge is 0.123 e. The van der Waals surface area contributed by atoms with Gasteiger partial charge in [0, 0.05) is 88.6 Å². The van der Waals surface area contributed by atoms with Crippen LogP contribution in [-0.2, 0) is 19.6 Å². The number of ether oxygens (including phenoxy) is 3. The Balaban J connectivity index is 0.00000146. The Labute approximate surface area is 397 Å². The highest BCUT2D eigenvalue weighted by atomic mass is 16.5. The molecule has 10 heteroatoms. The molecule has 66 heavy (non-hydrogen) atoms. The van der Waals surface area contributed by atoms with Gasteiger partial charge in [-0.25, -0.2) is 0 Å². The maximum absolute atomic E-state index is 10.9. The lowest BCUT2D eigenvalue weighted by atomic mass is 9.69. The lowest BCUT2D eigenvalue weighted by molar-refractivity contribution is 0.215. The van der Waals surface area contributed by atoms with Crippen LogP contribution in [0.15, 0.2) is 109 Å². The summed E-state index contributed by atoms with van der Waals surface area (Å²) in [5, 5.41) is 66.7. The fraction of sp³-hybridized carbons (Fsp3) is 0.464. The molecule has 5 aromatic rings. The predicted octanol–water partition coefficient (Wildman–Crippen LogP) is 12.4. The molecule has 0 heterocycles. The topological polar surface area (TPSA) is 169 Å². The molecule has 7 N–H and O–H groups in total. The minimum absolute atomic E-state index is 0.0795. The van der Waals surface area contributed by atoms with Gasteiger partial charge in [0.2, 0.25) is 0 Å². The summed E-state index contributed by atoms with van der Waals surface area (Å²) in [6.45, 7) is 17.2. The summed E-state index contributed by atoms with van der Waals surface area (Å²) in [5.41, 5.74) is 5.72. The largest absolute Gasteiger partial charge is 0.507 e. The van der Waals surface area contributed by atoms with Crippen LogP contribution in [0.1, 0.15) is 128 Å². The average molecular weight is 917 g/mol. The van der Waals surface area contributed by atoms with Crippen LogP contribution in [0.25, 0.3) is 22.3 Å². The fourth-order valence-corrected chi connectivity index (χ4v) is 6.55. The first-order valence-corrected chi connectivity index (χ1v) is 23.5. The van der Waals surface area contributed by atoms with E-state index in [2.05, 4.69) is 45.4 Å². The van der Waals surface area contributed by atoms with Crippen LogP contribution in [-0.4, -0.2) is 96.7 Å². The number of aliphatic hydroxyl groups is 3. The fourth-order valence-electron chi connectivity index (χ4n) is 6.55. The van der Waals surface area contributed by atoms with E-state index < -0.39 is 5.41 Å². The van der Waals surface area contributed by atoms with E-state index in [9.17, 15) is 20.4 Å². The summed E-state index contributed by atoms with van der Waals surface area (Å²) < 4.78 is 13.6. The summed E-state index contributed by atoms with van der Waals surface area (Å²) >= 11 is 0. The molecule has 0 aliphatic heterocycles. The summed E-state index contributed by atoms with van der Waals surface area (Å²) in [4.78, 5) is 0. The standard InChI is InChI=1S/C38H36O4.6C3H8O/c1-38(27-17-15-26(16-18-27)25-9-3-2-4-10-25,28-19-21-36(41)32(23-28)30-11-5-7-13-34(30)39)29-20-22-37(42)33(24-29)31-12-6-8-14-35(31)40;3*1-3-4-2;3*1-2-3-4/h5-8,11-25,39-42H,2-4,9-10H2,1H3;3*3H2,1-2H3;3*4H,2-3H2,1H3. The monoisotopic (exact) mass is 917 g/mol. The van der Waals surface area contributed by atoms with Gasteiger partial charge < -0.3 is 50.0 Å². The van der Waals surface area contributed by atoms with E-state index in [-0.39, 0.29) is 23.0 Å². The van der Waals surface area contributed by atoms with Crippen LogP contribution in [0.5, 0.6) is 23.0 Å². The van der Waals surface area contributed by atoms with Crippen molar-refractivity contribution in [1.29, 1.82) is 0 Å². The molecule has 6 rings (SSSR count). The van der Waals surface area contributed by atoms with E-state index in [1.165, 1.54) is 37.7 Å². The van der Waals surface area contributed by atoms with Gasteiger partial charge in [-0.1, -0.05) is 113 Å². The van der Waals surface area contributed by atoms with Crippen LogP contribution in [0.2, 0.25) is 0 Å². The number of aliphatic hydroxyl groups excluding tert-OH is 3. The zero-order valence-electron chi connectivity index (χ0n) is 41.7. The van der Waals surface area contributed by atoms with Gasteiger partial charge >= 0.3 is 0 Å². The minimum atomic E-state index is -0.704. The van der Waals surface area contributed by atoms with Gasteiger partial charge in [-0.05, 0) is 124 Å². The molecular formula is C56H84O10. The minimum Gasteiger partial charge on any atom is -0.507 e. The molecule has 1 fully saturated rings. The first-order valence-electron chi connectivity index (χ1n) is 23.5. The number of rotatable bonds is 12. The molecule has 0 saturated heterocycles. The Morgan fingerprint density at radius 1 is 0.439 bits per heavy atom. The van der Waals surface area contributed by atoms with Crippen molar-refractivity contribution in [3.63, 3.8) is 0 Å². The van der Waals surface area contributed by atoms with Crippen molar-refractivity contribution in [1.82, 2.24) is 0 Å². The number of para-hydroxylation sites is 2. The van der Waals surface area contributed by atoms with Gasteiger partial charge in [-0.2, -0.15) is 0 Å². The second kappa shape index (κ2) is 37.2. The normalized spacial score (nSPS) is 11.7. The molecule has 368 valence electrons. The second-order valence-corrected chi connectivity index (χ2v) is 15.5. The number of phenolic OH excluding ortho intramolecular Hbond substituents is 4. The van der Waals surface area contributed by atoms with E-state index in [1.807, 2.05) is 77.9 Å². The van der Waals surface area contributed by atoms with Gasteiger partial charge in [0.25, 0.3) is 0 Å². The molecule has 1 aliphatic carbocycles. The third-order valence-electron chi connectivity index (χ3n) is 10.6. The lowest BCUT2D eigenvalue weighted by Gasteiger charge is -2.33. The van der Waals surface area contributed by atoms with Crippen LogP contribution >= 0.6 is 0 Å². The van der Waals surface area contributed by atoms with Gasteiger partial charge in [-0.3, -0.25) is 0 Å². The Morgan fingerprint density at radius 3 is 1.05 bits per heavy atom. The van der Waals surface area contributed by atoms with E-state index in [0.717, 1.165) is 55.8 Å². The number of benzene rings is 5. The highest BCUT2D eigenvalue weighted by molar-refractivity contribution is 5.78. The van der Waals surface area contributed by atoms with Gasteiger partial charge in [0.15, 0.2) is 0 Å². The summed E-state index contributed by atoms with van der Waals surface area (Å²) in [6, 6.07) is 34.0. The van der Waals surface area contributed by atoms with Crippen LogP contribution in [0.4, 0.5) is 0 Å². The Hall–Kier alpha value is -4.94. The third-order valence-corrected chi connectivity index (χ3v) is 10.6. The van der Waals surface area contributed by atoms with Crippen LogP contribution < -0.4 is 0 Å². The van der Waals surface area contributed by atoms with Crippen molar-refractivity contribution in [2.24, 2.45) is 0 Å². The van der Waals surface area contributed by atoms with Crippen molar-refractivity contribution in [2.45, 2.75) is 111 Å². The molecule has 0 bridgehead atoms. The molecule has 5 aromatic carbocycles. The Kier molecular flexibility index (Phi) is 34.4. The molecule has 1 aliphatic rings. The van der Waals surface area contributed by atoms with Crippen molar-refractivity contribution in [3.8, 4) is 45.3 Å². The van der Waals surface area contributed by atoms with Crippen molar-refractivity contribution in [2.75, 3.05) is 61.0 Å². The molecule has 0 aromatic heterocycles. The van der Waals surface area contributed by atoms with Crippen LogP contribution in [0, 0.1) is 0 Å². The first kappa shape index (κ1) is 61.1. The molecule has 1 saturated carbocycles. The highest BCUT2D eigenvalue weighted by Gasteiger charge is 2.33. The molecule has 10 nitrogen and oxygen atoms in total. The van der Waals surface area contributed by atoms with Crippen molar-refractivity contribution < 1.29 is 50.0 Å². The first-order chi connectivity index (χ1) is 31.8. The number of phenols is 4. The number of aromatic hydroxyl groups is 4. The predicted molar refractivity (Wildman–Crippen MR) is 273 cm³/mol. The number of methoxy groups -OCH3 is 3. The molecule has 0 atom stereocenters. The van der Waals surface area contributed by atoms with Gasteiger partial charge in [0.05, 0.1) is 0 Å². The Morgan fingerprint density at radius 2 is 0.742 bits per heavy atom. The number of hydrogen-bond donors (Lipinski definition) is 7. The molecule has 0 radical (unpaired) electrons. The number of hydrogen-bond acceptors (Lipinski definition) is 10. The second-order valence-electron chi connectivity index (χ2n) is 15.5. The summed E-state index contributed by atoms with van der Waals surface area (Å²) in [5.74, 6) is 0.929. The summed E-state index contributed by atoms with van der Waals surface area (Å²) in [7, 11) is 5.04. The highest BCUT2D eigenvalue weighted by Crippen LogP contribution is 2.46. The maximum Gasteiger partial charge on any atom is 0.123 e. The van der Waals surface area contributed by atoms with E-state index in [0.29, 0.717) is 48.0 Å². The average Bonchev–Trinajstić information content (AvgIpc) is 3.37. The zero-order chi connectivity index (χ0) is 49.8. The van der Waals surface area contributed by atoms with E-state index in [1.54, 1.807) is 69.9 Å². The van der Waals surface area contributed by atoms with Crippen molar-refractivity contribution >= 4 is 0 Å². The molecule has 0 amide bonds. The zero-order valence-corrected chi connectivity index (χ0v) is 41.7. The SMILES string of the molecule is CC(c1ccc(C2CCCCC2)cc1)(c1ccc(O)c(-c2ccccc2O)c1)c1ccc(O)c(-c2ccccc2O)c1.CCCO.CCCO.CCCO.CCOC.CCOC.CCOC. The molecule has 0 unspecified atom stereocenters. The summed E-state index contributed by atoms with van der Waals surface area (Å²) in [6.07, 6.45) is 8.93. The van der Waals surface area contributed by atoms with Gasteiger partial charge in [-0.15, -0.1) is 0 Å². The van der Waals surface area contributed by atoms with E-state index >= 15 is 0 Å². The van der Waals surface area contributed by atoms with Gasteiger partial charge in [0.1, 0.15) is 23.0 Å². The maximum atomic E-state index is 10.9. The molecular weight excluding hydrogens is 833 g/mol. The quantitative estimate of drug-likeness (QED) is 0.0598. The van der Waals surface area contributed by atoms with Crippen LogP contribution in [0.3, 0.4) is 0 Å².